The van der Waals surface area contributed by atoms with Gasteiger partial charge in [-0.2, -0.15) is 0 Å². The molecule has 0 aromatic heterocycles. The molecule has 0 bridgehead atoms. The highest BCUT2D eigenvalue weighted by molar-refractivity contribution is 14.1. The Morgan fingerprint density at radius 2 is 1.91 bits per heavy atom. The lowest BCUT2D eigenvalue weighted by atomic mass is 10.1. The predicted octanol–water partition coefficient (Wildman–Crippen LogP) is 1.93. The first-order valence-electron chi connectivity index (χ1n) is 6.35. The molecule has 0 aliphatic rings. The molecule has 0 spiro atoms. The first-order chi connectivity index (χ1) is 10.4. The van der Waals surface area contributed by atoms with Crippen molar-refractivity contribution < 1.29 is 25.5 Å². The van der Waals surface area contributed by atoms with Crippen molar-refractivity contribution in [2.45, 2.75) is 19.9 Å². The fraction of sp³-hybridized carbons (Fsp3) is 0.188. The van der Waals surface area contributed by atoms with Crippen LogP contribution in [0.15, 0.2) is 36.4 Å². The Labute approximate surface area is 162 Å². The van der Waals surface area contributed by atoms with E-state index in [1.54, 1.807) is 24.3 Å². The van der Waals surface area contributed by atoms with Gasteiger partial charge in [-0.1, -0.05) is 13.5 Å². The second kappa shape index (κ2) is 8.69. The quantitative estimate of drug-likeness (QED) is 0.566. The summed E-state index contributed by atoms with van der Waals surface area (Å²) >= 11 is 4.16. The molecule has 0 radical (unpaired) electrons. The van der Waals surface area contributed by atoms with Crippen LogP contribution in [0, 0.1) is 7.14 Å². The molecule has 0 aliphatic heterocycles. The lowest BCUT2D eigenvalue weighted by Crippen LogP contribution is -2.69. The van der Waals surface area contributed by atoms with E-state index in [1.807, 2.05) is 34.7 Å². The van der Waals surface area contributed by atoms with E-state index in [2.05, 4.69) is 28.3 Å². The maximum atomic E-state index is 10.7. The topological polar surface area (TPSA) is 97.2 Å². The van der Waals surface area contributed by atoms with E-state index in [0.29, 0.717) is 21.5 Å². The Hall–Kier alpha value is -1.07. The average Bonchev–Trinajstić information content (AvgIpc) is 2.45. The number of carbonyl (C=O) groups is 1. The zero-order valence-corrected chi connectivity index (χ0v) is 15.7. The van der Waals surface area contributed by atoms with Crippen molar-refractivity contribution in [3.8, 4) is 17.2 Å². The number of hydrogen-bond acceptors (Lipinski definition) is 4. The van der Waals surface area contributed by atoms with Crippen molar-refractivity contribution >= 4 is 51.2 Å². The van der Waals surface area contributed by atoms with E-state index in [9.17, 15) is 15.0 Å². The molecule has 0 aliphatic carbocycles. The van der Waals surface area contributed by atoms with E-state index < -0.39 is 12.0 Å². The van der Waals surface area contributed by atoms with Crippen molar-refractivity contribution in [1.82, 2.24) is 0 Å². The molecule has 7 heteroatoms. The lowest BCUT2D eigenvalue weighted by Gasteiger charge is -2.12. The fourth-order valence-electron chi connectivity index (χ4n) is 1.80. The molecule has 124 valence electrons. The monoisotopic (exact) mass is 541 g/mol. The third kappa shape index (κ3) is 5.50. The van der Waals surface area contributed by atoms with Crippen LogP contribution in [0.1, 0.15) is 13.0 Å². The molecule has 5 nitrogen and oxygen atoms in total. The van der Waals surface area contributed by atoms with Crippen LogP contribution in [-0.4, -0.2) is 17.1 Å². The van der Waals surface area contributed by atoms with Gasteiger partial charge in [0.05, 0.1) is 13.1 Å². The van der Waals surface area contributed by atoms with Gasteiger partial charge in [-0.15, -0.1) is 0 Å². The van der Waals surface area contributed by atoms with Crippen LogP contribution in [0.5, 0.6) is 17.2 Å². The molecule has 2 aromatic rings. The van der Waals surface area contributed by atoms with Crippen molar-refractivity contribution in [2.75, 3.05) is 0 Å². The maximum absolute atomic E-state index is 10.7. The maximum Gasteiger partial charge on any atom is 0.140 e. The number of ether oxygens (including phenoxy) is 1. The molecular formula is C16H17I2NO4. The Bertz CT molecular complexity index is 706. The molecule has 0 amide bonds. The van der Waals surface area contributed by atoms with Crippen LogP contribution in [-0.2, 0) is 11.2 Å². The molecule has 4 N–H and O–H groups in total. The van der Waals surface area contributed by atoms with Crippen molar-refractivity contribution in [3.63, 3.8) is 0 Å². The summed E-state index contributed by atoms with van der Waals surface area (Å²) in [4.78, 5) is 10.7. The summed E-state index contributed by atoms with van der Waals surface area (Å²) in [6.45, 7) is 0. The number of benzene rings is 2. The first-order valence-corrected chi connectivity index (χ1v) is 8.51. The summed E-state index contributed by atoms with van der Waals surface area (Å²) in [6.07, 6.45) is 0.315. The van der Waals surface area contributed by atoms with Gasteiger partial charge in [0.25, 0.3) is 0 Å². The number of carbonyl (C=O) groups excluding carboxylic acids is 1. The Balaban J connectivity index is 0.00000264. The number of carboxylic acid groups (broad SMARTS) is 1. The second-order valence-electron chi connectivity index (χ2n) is 4.70. The number of rotatable bonds is 5. The lowest BCUT2D eigenvalue weighted by molar-refractivity contribution is -0.437. The van der Waals surface area contributed by atoms with E-state index in [-0.39, 0.29) is 13.2 Å². The highest BCUT2D eigenvalue weighted by Crippen LogP contribution is 2.31. The van der Waals surface area contributed by atoms with Gasteiger partial charge < -0.3 is 25.5 Å². The van der Waals surface area contributed by atoms with E-state index in [1.165, 1.54) is 0 Å². The van der Waals surface area contributed by atoms with Crippen LogP contribution in [0.25, 0.3) is 0 Å². The highest BCUT2D eigenvalue weighted by Gasteiger charge is 2.11. The standard InChI is InChI=1S/C15H13I2NO4.CH4/c16-10-7-9(2-3-13(10)19)22-14-4-1-8(5-11(14)17)6-12(18)15(20)21;/h1-5,7,12,19H,6,18H2,(H,20,21);1H4. The SMILES string of the molecule is C.[NH3+]C(Cc1ccc(Oc2ccc(O)c(I)c2)c(I)c1)C(=O)[O-]. The largest absolute Gasteiger partial charge is 0.544 e. The van der Waals surface area contributed by atoms with Gasteiger partial charge in [0, 0.05) is 6.42 Å². The number of aromatic hydroxyl groups is 1. The molecule has 23 heavy (non-hydrogen) atoms. The number of halogens is 2. The summed E-state index contributed by atoms with van der Waals surface area (Å²) in [5, 5.41) is 20.2. The van der Waals surface area contributed by atoms with Gasteiger partial charge in [0.2, 0.25) is 0 Å². The van der Waals surface area contributed by atoms with Gasteiger partial charge >= 0.3 is 0 Å². The van der Waals surface area contributed by atoms with Gasteiger partial charge in [-0.25, -0.2) is 0 Å². The summed E-state index contributed by atoms with van der Waals surface area (Å²) in [5.74, 6) is 0.341. The number of phenolic OH excluding ortho intramolecular Hbond substituents is 1. The number of phenols is 1. The number of aliphatic carboxylic acids is 1. The molecule has 0 heterocycles. The summed E-state index contributed by atoms with van der Waals surface area (Å²) in [7, 11) is 0. The minimum atomic E-state index is -1.16. The molecule has 1 atom stereocenters. The smallest absolute Gasteiger partial charge is 0.140 e. The van der Waals surface area contributed by atoms with Crippen LogP contribution < -0.4 is 15.6 Å². The molecule has 0 saturated carbocycles. The molecule has 2 rings (SSSR count). The summed E-state index contributed by atoms with van der Waals surface area (Å²) in [6, 6.07) is 9.68. The third-order valence-corrected chi connectivity index (χ3v) is 4.67. The fourth-order valence-corrected chi connectivity index (χ4v) is 2.98. The molecule has 1 unspecified atom stereocenters. The number of quaternary nitrogens is 1. The van der Waals surface area contributed by atoms with Gasteiger partial charge in [-0.3, -0.25) is 0 Å². The highest BCUT2D eigenvalue weighted by atomic mass is 127. The van der Waals surface area contributed by atoms with Crippen LogP contribution >= 0.6 is 45.2 Å². The van der Waals surface area contributed by atoms with Gasteiger partial charge in [-0.05, 0) is 81.1 Å². The average molecular weight is 541 g/mol. The zero-order valence-electron chi connectivity index (χ0n) is 11.4. The third-order valence-electron chi connectivity index (χ3n) is 2.96. The van der Waals surface area contributed by atoms with Crippen LogP contribution in [0.4, 0.5) is 0 Å². The Morgan fingerprint density at radius 3 is 2.48 bits per heavy atom. The van der Waals surface area contributed by atoms with Crippen molar-refractivity contribution in [3.05, 3.63) is 49.1 Å². The van der Waals surface area contributed by atoms with Crippen molar-refractivity contribution in [1.29, 1.82) is 0 Å². The zero-order chi connectivity index (χ0) is 16.3. The van der Waals surface area contributed by atoms with E-state index in [4.69, 9.17) is 4.74 Å². The Morgan fingerprint density at radius 1 is 1.22 bits per heavy atom. The number of carboxylic acids is 1. The van der Waals surface area contributed by atoms with E-state index in [0.717, 1.165) is 9.13 Å². The second-order valence-corrected chi connectivity index (χ2v) is 7.02. The molecule has 0 saturated heterocycles. The van der Waals surface area contributed by atoms with Gasteiger partial charge in [0.1, 0.15) is 23.3 Å². The number of hydrogen-bond donors (Lipinski definition) is 2. The van der Waals surface area contributed by atoms with Crippen LogP contribution in [0.2, 0.25) is 0 Å². The van der Waals surface area contributed by atoms with Crippen molar-refractivity contribution in [2.24, 2.45) is 0 Å². The molecule has 2 aromatic carbocycles. The summed E-state index contributed by atoms with van der Waals surface area (Å²) in [5.41, 5.74) is 4.41. The summed E-state index contributed by atoms with van der Waals surface area (Å²) < 4.78 is 7.35. The normalized spacial score (nSPS) is 11.4. The van der Waals surface area contributed by atoms with Crippen LogP contribution in [0.3, 0.4) is 0 Å². The molecular weight excluding hydrogens is 524 g/mol. The van der Waals surface area contributed by atoms with E-state index >= 15 is 0 Å². The molecule has 0 fully saturated rings. The minimum Gasteiger partial charge on any atom is -0.544 e. The first kappa shape index (κ1) is 20.0. The predicted molar refractivity (Wildman–Crippen MR) is 102 cm³/mol. The Kier molecular flexibility index (Phi) is 7.55. The minimum absolute atomic E-state index is 0. The van der Waals surface area contributed by atoms with Gasteiger partial charge in [0.15, 0.2) is 0 Å².